The van der Waals surface area contributed by atoms with Crippen molar-refractivity contribution in [3.05, 3.63) is 24.3 Å². The first-order valence-electron chi connectivity index (χ1n) is 6.95. The molecule has 1 amide bonds. The number of piperidine rings is 1. The fraction of sp³-hybridized carbons (Fsp3) is 0.533. The van der Waals surface area contributed by atoms with Gasteiger partial charge in [0.05, 0.1) is 25.9 Å². The number of likely N-dealkylation sites (tertiary alicyclic amines) is 1. The number of quaternary nitrogens is 1. The van der Waals surface area contributed by atoms with Crippen molar-refractivity contribution in [3.8, 4) is 5.75 Å². The van der Waals surface area contributed by atoms with Gasteiger partial charge in [0, 0.05) is 0 Å². The van der Waals surface area contributed by atoms with Crippen LogP contribution in [0, 0.1) is 5.92 Å². The quantitative estimate of drug-likeness (QED) is 0.849. The predicted octanol–water partition coefficient (Wildman–Crippen LogP) is 0.948. The van der Waals surface area contributed by atoms with Gasteiger partial charge in [-0.3, -0.25) is 4.79 Å². The van der Waals surface area contributed by atoms with Crippen LogP contribution in [0.3, 0.4) is 0 Å². The summed E-state index contributed by atoms with van der Waals surface area (Å²) in [6.45, 7) is 5.03. The minimum Gasteiger partial charge on any atom is -0.495 e. The summed E-state index contributed by atoms with van der Waals surface area (Å²) in [5, 5.41) is 2.94. The van der Waals surface area contributed by atoms with E-state index in [9.17, 15) is 4.79 Å². The molecule has 0 radical (unpaired) electrons. The highest BCUT2D eigenvalue weighted by atomic mass is 16.5. The Labute approximate surface area is 114 Å². The van der Waals surface area contributed by atoms with Gasteiger partial charge in [-0.1, -0.05) is 19.1 Å². The van der Waals surface area contributed by atoms with Crippen LogP contribution in [0.15, 0.2) is 24.3 Å². The minimum atomic E-state index is 0.0639. The maximum absolute atomic E-state index is 12.0. The molecule has 1 aliphatic rings. The molecule has 0 saturated carbocycles. The summed E-state index contributed by atoms with van der Waals surface area (Å²) in [6.07, 6.45) is 2.44. The van der Waals surface area contributed by atoms with Crippen molar-refractivity contribution < 1.29 is 14.4 Å². The highest BCUT2D eigenvalue weighted by molar-refractivity contribution is 5.92. The topological polar surface area (TPSA) is 42.8 Å². The summed E-state index contributed by atoms with van der Waals surface area (Å²) >= 11 is 0. The van der Waals surface area contributed by atoms with E-state index in [1.807, 2.05) is 24.3 Å². The first-order valence-corrected chi connectivity index (χ1v) is 6.95. The molecule has 1 aromatic rings. The molecule has 1 aliphatic heterocycles. The molecule has 2 N–H and O–H groups in total. The molecule has 0 atom stereocenters. The van der Waals surface area contributed by atoms with Crippen LogP contribution in [0.1, 0.15) is 19.8 Å². The second-order valence-corrected chi connectivity index (χ2v) is 5.36. The standard InChI is InChI=1S/C15H22N2O2/c1-12-7-9-17(10-8-12)11-15(18)16-13-5-3-4-6-14(13)19-2/h3-6,12H,7-11H2,1-2H3,(H,16,18)/p+1. The predicted molar refractivity (Wildman–Crippen MR) is 75.6 cm³/mol. The molecule has 2 rings (SSSR count). The smallest absolute Gasteiger partial charge is 0.279 e. The zero-order chi connectivity index (χ0) is 13.7. The molecular weight excluding hydrogens is 240 g/mol. The molecule has 1 heterocycles. The van der Waals surface area contributed by atoms with E-state index in [0.717, 1.165) is 24.7 Å². The first kappa shape index (κ1) is 13.9. The van der Waals surface area contributed by atoms with Crippen LogP contribution in [0.5, 0.6) is 5.75 Å². The van der Waals surface area contributed by atoms with E-state index in [0.29, 0.717) is 12.3 Å². The number of methoxy groups -OCH3 is 1. The highest BCUT2D eigenvalue weighted by Crippen LogP contribution is 2.22. The van der Waals surface area contributed by atoms with E-state index in [2.05, 4.69) is 12.2 Å². The van der Waals surface area contributed by atoms with Gasteiger partial charge < -0.3 is 15.0 Å². The average Bonchev–Trinajstić information content (AvgIpc) is 2.42. The maximum Gasteiger partial charge on any atom is 0.279 e. The third-order valence-electron chi connectivity index (χ3n) is 3.77. The lowest BCUT2D eigenvalue weighted by molar-refractivity contribution is -0.897. The number of anilines is 1. The summed E-state index contributed by atoms with van der Waals surface area (Å²) in [4.78, 5) is 13.4. The summed E-state index contributed by atoms with van der Waals surface area (Å²) < 4.78 is 5.23. The van der Waals surface area contributed by atoms with Crippen molar-refractivity contribution in [1.82, 2.24) is 0 Å². The van der Waals surface area contributed by atoms with Crippen LogP contribution >= 0.6 is 0 Å². The number of carbonyl (C=O) groups excluding carboxylic acids is 1. The van der Waals surface area contributed by atoms with Gasteiger partial charge in [0.25, 0.3) is 5.91 Å². The van der Waals surface area contributed by atoms with Crippen LogP contribution in [-0.4, -0.2) is 32.7 Å². The van der Waals surface area contributed by atoms with Crippen molar-refractivity contribution in [3.63, 3.8) is 0 Å². The van der Waals surface area contributed by atoms with Gasteiger partial charge in [-0.15, -0.1) is 0 Å². The Morgan fingerprint density at radius 1 is 1.37 bits per heavy atom. The molecule has 19 heavy (non-hydrogen) atoms. The monoisotopic (exact) mass is 263 g/mol. The van der Waals surface area contributed by atoms with Crippen molar-refractivity contribution in [1.29, 1.82) is 0 Å². The van der Waals surface area contributed by atoms with Gasteiger partial charge in [0.2, 0.25) is 0 Å². The van der Waals surface area contributed by atoms with Crippen molar-refractivity contribution >= 4 is 11.6 Å². The molecule has 0 aromatic heterocycles. The zero-order valence-corrected chi connectivity index (χ0v) is 11.7. The molecule has 1 aromatic carbocycles. The van der Waals surface area contributed by atoms with Gasteiger partial charge in [-0.05, 0) is 30.9 Å². The first-order chi connectivity index (χ1) is 9.19. The van der Waals surface area contributed by atoms with Gasteiger partial charge in [0.1, 0.15) is 5.75 Å². The lowest BCUT2D eigenvalue weighted by Gasteiger charge is -2.26. The molecular formula is C15H23N2O2+. The number of amides is 1. The van der Waals surface area contributed by atoms with Crippen LogP contribution in [0.2, 0.25) is 0 Å². The Morgan fingerprint density at radius 2 is 2.05 bits per heavy atom. The lowest BCUT2D eigenvalue weighted by Crippen LogP contribution is -3.14. The van der Waals surface area contributed by atoms with E-state index < -0.39 is 0 Å². The fourth-order valence-electron chi connectivity index (χ4n) is 2.52. The molecule has 0 aliphatic carbocycles. The van der Waals surface area contributed by atoms with E-state index in [1.54, 1.807) is 7.11 Å². The van der Waals surface area contributed by atoms with E-state index in [-0.39, 0.29) is 5.91 Å². The lowest BCUT2D eigenvalue weighted by atomic mass is 9.99. The molecule has 4 heteroatoms. The van der Waals surface area contributed by atoms with Crippen LogP contribution in [0.4, 0.5) is 5.69 Å². The van der Waals surface area contributed by atoms with Crippen molar-refractivity contribution in [2.75, 3.05) is 32.1 Å². The average molecular weight is 263 g/mol. The molecule has 0 bridgehead atoms. The summed E-state index contributed by atoms with van der Waals surface area (Å²) in [5.41, 5.74) is 0.750. The molecule has 4 nitrogen and oxygen atoms in total. The third kappa shape index (κ3) is 3.96. The van der Waals surface area contributed by atoms with E-state index in [1.165, 1.54) is 17.7 Å². The second kappa shape index (κ2) is 6.57. The Bertz CT molecular complexity index is 426. The third-order valence-corrected chi connectivity index (χ3v) is 3.77. The number of para-hydroxylation sites is 2. The summed E-state index contributed by atoms with van der Waals surface area (Å²) in [5.74, 6) is 1.58. The molecule has 0 spiro atoms. The Hall–Kier alpha value is -1.55. The zero-order valence-electron chi connectivity index (χ0n) is 11.7. The molecule has 1 fully saturated rings. The van der Waals surface area contributed by atoms with Gasteiger partial charge >= 0.3 is 0 Å². The summed E-state index contributed by atoms with van der Waals surface area (Å²) in [6, 6.07) is 7.51. The number of nitrogens with one attached hydrogen (secondary N) is 2. The largest absolute Gasteiger partial charge is 0.495 e. The van der Waals surface area contributed by atoms with Crippen molar-refractivity contribution in [2.24, 2.45) is 5.92 Å². The molecule has 1 saturated heterocycles. The van der Waals surface area contributed by atoms with E-state index >= 15 is 0 Å². The van der Waals surface area contributed by atoms with Crippen molar-refractivity contribution in [2.45, 2.75) is 19.8 Å². The minimum absolute atomic E-state index is 0.0639. The van der Waals surface area contributed by atoms with Gasteiger partial charge in [-0.25, -0.2) is 0 Å². The van der Waals surface area contributed by atoms with Crippen LogP contribution < -0.4 is 15.0 Å². The van der Waals surface area contributed by atoms with Gasteiger partial charge in [0.15, 0.2) is 6.54 Å². The second-order valence-electron chi connectivity index (χ2n) is 5.36. The highest BCUT2D eigenvalue weighted by Gasteiger charge is 2.21. The normalized spacial score (nSPS) is 22.8. The molecule has 104 valence electrons. The Morgan fingerprint density at radius 3 is 2.74 bits per heavy atom. The number of hydrogen-bond acceptors (Lipinski definition) is 2. The summed E-state index contributed by atoms with van der Waals surface area (Å²) in [7, 11) is 1.61. The number of carbonyl (C=O) groups is 1. The molecule has 0 unspecified atom stereocenters. The number of rotatable bonds is 4. The van der Waals surface area contributed by atoms with E-state index in [4.69, 9.17) is 4.74 Å². The maximum atomic E-state index is 12.0. The van der Waals surface area contributed by atoms with Crippen LogP contribution in [-0.2, 0) is 4.79 Å². The SMILES string of the molecule is COc1ccccc1NC(=O)C[NH+]1CCC(C)CC1. The van der Waals surface area contributed by atoms with Gasteiger partial charge in [-0.2, -0.15) is 0 Å². The Kier molecular flexibility index (Phi) is 4.80. The Balaban J connectivity index is 1.87. The number of ether oxygens (including phenoxy) is 1. The number of hydrogen-bond donors (Lipinski definition) is 2. The fourth-order valence-corrected chi connectivity index (χ4v) is 2.52. The number of benzene rings is 1. The van der Waals surface area contributed by atoms with Crippen LogP contribution in [0.25, 0.3) is 0 Å².